The van der Waals surface area contributed by atoms with Crippen molar-refractivity contribution in [2.24, 2.45) is 0 Å². The monoisotopic (exact) mass is 344 g/mol. The summed E-state index contributed by atoms with van der Waals surface area (Å²) < 4.78 is 1.98. The Hall–Kier alpha value is -2.95. The summed E-state index contributed by atoms with van der Waals surface area (Å²) >= 11 is 0. The van der Waals surface area contributed by atoms with Crippen molar-refractivity contribution >= 4 is 11.6 Å². The molecule has 5 heteroatoms. The molecular formula is C21H20N4O. The lowest BCUT2D eigenvalue weighted by Crippen LogP contribution is -2.37. The van der Waals surface area contributed by atoms with E-state index in [1.54, 1.807) is 12.4 Å². The third-order valence-electron chi connectivity index (χ3n) is 5.44. The molecule has 0 atom stereocenters. The van der Waals surface area contributed by atoms with Crippen LogP contribution in [0.4, 0.5) is 5.69 Å². The van der Waals surface area contributed by atoms with E-state index in [0.29, 0.717) is 6.04 Å². The van der Waals surface area contributed by atoms with E-state index in [4.69, 9.17) is 0 Å². The van der Waals surface area contributed by atoms with Crippen LogP contribution in [0.1, 0.15) is 32.3 Å². The number of hydrogen-bond acceptors (Lipinski definition) is 3. The summed E-state index contributed by atoms with van der Waals surface area (Å²) in [5.41, 5.74) is 4.68. The lowest BCUT2D eigenvalue weighted by molar-refractivity contribution is -0.122. The summed E-state index contributed by atoms with van der Waals surface area (Å²) in [4.78, 5) is 23.5. The highest BCUT2D eigenvalue weighted by Gasteiger charge is 2.48. The maximum absolute atomic E-state index is 12.9. The van der Waals surface area contributed by atoms with Gasteiger partial charge in [-0.15, -0.1) is 0 Å². The van der Waals surface area contributed by atoms with Crippen molar-refractivity contribution in [2.45, 2.75) is 38.1 Å². The summed E-state index contributed by atoms with van der Waals surface area (Å²) in [7, 11) is 0. The average molecular weight is 344 g/mol. The van der Waals surface area contributed by atoms with E-state index in [2.05, 4.69) is 28.2 Å². The molecule has 5 rings (SSSR count). The third kappa shape index (κ3) is 2.20. The zero-order chi connectivity index (χ0) is 17.9. The lowest BCUT2D eigenvalue weighted by atomic mass is 9.86. The first kappa shape index (κ1) is 15.3. The predicted octanol–water partition coefficient (Wildman–Crippen LogP) is 3.72. The predicted molar refractivity (Wildman–Crippen MR) is 100 cm³/mol. The molecule has 1 amide bonds. The number of pyridine rings is 1. The van der Waals surface area contributed by atoms with Gasteiger partial charge in [0.25, 0.3) is 0 Å². The quantitative estimate of drug-likeness (QED) is 0.727. The Balaban J connectivity index is 1.57. The Morgan fingerprint density at radius 1 is 1.12 bits per heavy atom. The van der Waals surface area contributed by atoms with Crippen LogP contribution in [0.25, 0.3) is 16.9 Å². The number of rotatable bonds is 3. The number of fused-ring (bicyclic) bond motifs is 1. The number of amides is 1. The van der Waals surface area contributed by atoms with E-state index < -0.39 is 5.41 Å². The minimum Gasteiger partial charge on any atom is -0.308 e. The van der Waals surface area contributed by atoms with E-state index in [1.807, 2.05) is 48.0 Å². The first-order valence-corrected chi connectivity index (χ1v) is 8.98. The Morgan fingerprint density at radius 2 is 1.88 bits per heavy atom. The molecule has 0 unspecified atom stereocenters. The molecule has 130 valence electrons. The number of carbonyl (C=O) groups is 1. The van der Waals surface area contributed by atoms with Crippen LogP contribution in [-0.2, 0) is 10.2 Å². The SMILES string of the molecule is CC1(C)C(=O)N(C2CC2)c2cc(-c3cn(-c4ccncc4)cn3)ccc21. The van der Waals surface area contributed by atoms with Crippen LogP contribution in [0.3, 0.4) is 0 Å². The van der Waals surface area contributed by atoms with E-state index in [0.717, 1.165) is 41.0 Å². The Morgan fingerprint density at radius 3 is 2.62 bits per heavy atom. The van der Waals surface area contributed by atoms with E-state index in [-0.39, 0.29) is 5.91 Å². The lowest BCUT2D eigenvalue weighted by Gasteiger charge is -2.19. The summed E-state index contributed by atoms with van der Waals surface area (Å²) in [6.45, 7) is 4.04. The van der Waals surface area contributed by atoms with Crippen LogP contribution < -0.4 is 4.90 Å². The maximum atomic E-state index is 12.9. The molecule has 2 aliphatic rings. The Kier molecular flexibility index (Phi) is 3.11. The van der Waals surface area contributed by atoms with E-state index >= 15 is 0 Å². The number of anilines is 1. The molecule has 3 heterocycles. The molecule has 1 aliphatic carbocycles. The summed E-state index contributed by atoms with van der Waals surface area (Å²) in [6, 6.07) is 10.6. The smallest absolute Gasteiger partial charge is 0.237 e. The van der Waals surface area contributed by atoms with Crippen molar-refractivity contribution in [3.8, 4) is 16.9 Å². The van der Waals surface area contributed by atoms with Gasteiger partial charge in [0.2, 0.25) is 5.91 Å². The van der Waals surface area contributed by atoms with Gasteiger partial charge in [0.15, 0.2) is 0 Å². The molecule has 5 nitrogen and oxygen atoms in total. The fourth-order valence-corrected chi connectivity index (χ4v) is 3.77. The second-order valence-corrected chi connectivity index (χ2v) is 7.63. The van der Waals surface area contributed by atoms with Crippen molar-refractivity contribution in [3.05, 3.63) is 60.8 Å². The minimum atomic E-state index is -0.452. The fraction of sp³-hybridized carbons (Fsp3) is 0.286. The van der Waals surface area contributed by atoms with Gasteiger partial charge in [-0.05, 0) is 50.5 Å². The molecule has 0 N–H and O–H groups in total. The zero-order valence-corrected chi connectivity index (χ0v) is 14.9. The second kappa shape index (κ2) is 5.27. The van der Waals surface area contributed by atoms with Gasteiger partial charge in [-0.3, -0.25) is 9.78 Å². The molecule has 3 aromatic rings. The molecule has 1 fully saturated rings. The number of carbonyl (C=O) groups excluding carboxylic acids is 1. The molecule has 1 saturated carbocycles. The first-order valence-electron chi connectivity index (χ1n) is 8.98. The molecule has 26 heavy (non-hydrogen) atoms. The van der Waals surface area contributed by atoms with Crippen molar-refractivity contribution < 1.29 is 4.79 Å². The van der Waals surface area contributed by atoms with Crippen LogP contribution in [0, 0.1) is 0 Å². The molecule has 0 spiro atoms. The van der Waals surface area contributed by atoms with Crippen molar-refractivity contribution in [1.29, 1.82) is 0 Å². The second-order valence-electron chi connectivity index (χ2n) is 7.63. The van der Waals surface area contributed by atoms with Crippen molar-refractivity contribution in [1.82, 2.24) is 14.5 Å². The molecular weight excluding hydrogens is 324 g/mol. The number of imidazole rings is 1. The standard InChI is InChI=1S/C21H20N4O/c1-21(2)17-6-3-14(11-19(17)25(20(21)26)16-4-5-16)18-12-24(13-23-18)15-7-9-22-10-8-15/h3,6-13,16H,4-5H2,1-2H3. The molecule has 0 saturated heterocycles. The van der Waals surface area contributed by atoms with E-state index in [9.17, 15) is 4.79 Å². The normalized spacial score (nSPS) is 18.2. The van der Waals surface area contributed by atoms with Crippen LogP contribution >= 0.6 is 0 Å². The highest BCUT2D eigenvalue weighted by molar-refractivity contribution is 6.08. The van der Waals surface area contributed by atoms with Crippen LogP contribution in [0.2, 0.25) is 0 Å². The van der Waals surface area contributed by atoms with Gasteiger partial charge in [0.05, 0.1) is 17.4 Å². The van der Waals surface area contributed by atoms with Gasteiger partial charge in [-0.2, -0.15) is 0 Å². The number of nitrogens with zero attached hydrogens (tertiary/aromatic N) is 4. The topological polar surface area (TPSA) is 51.0 Å². The molecule has 2 aromatic heterocycles. The fourth-order valence-electron chi connectivity index (χ4n) is 3.77. The molecule has 0 bridgehead atoms. The largest absolute Gasteiger partial charge is 0.308 e. The highest BCUT2D eigenvalue weighted by atomic mass is 16.2. The van der Waals surface area contributed by atoms with Crippen molar-refractivity contribution in [2.75, 3.05) is 4.90 Å². The molecule has 1 aromatic carbocycles. The zero-order valence-electron chi connectivity index (χ0n) is 14.9. The third-order valence-corrected chi connectivity index (χ3v) is 5.44. The maximum Gasteiger partial charge on any atom is 0.237 e. The summed E-state index contributed by atoms with van der Waals surface area (Å²) in [5.74, 6) is 0.217. The van der Waals surface area contributed by atoms with Crippen molar-refractivity contribution in [3.63, 3.8) is 0 Å². The number of benzene rings is 1. The van der Waals surface area contributed by atoms with Gasteiger partial charge < -0.3 is 9.47 Å². The molecule has 1 aliphatic heterocycles. The van der Waals surface area contributed by atoms with Gasteiger partial charge in [0, 0.05) is 41.6 Å². The van der Waals surface area contributed by atoms with E-state index in [1.165, 1.54) is 0 Å². The van der Waals surface area contributed by atoms with Gasteiger partial charge >= 0.3 is 0 Å². The number of aromatic nitrogens is 3. The Bertz CT molecular complexity index is 1000. The highest BCUT2D eigenvalue weighted by Crippen LogP contribution is 2.47. The average Bonchev–Trinajstić information content (AvgIpc) is 3.31. The van der Waals surface area contributed by atoms with Crippen LogP contribution in [0.5, 0.6) is 0 Å². The van der Waals surface area contributed by atoms with Gasteiger partial charge in [-0.1, -0.05) is 12.1 Å². The Labute approximate surface area is 152 Å². The summed E-state index contributed by atoms with van der Waals surface area (Å²) in [6.07, 6.45) is 9.56. The first-order chi connectivity index (χ1) is 12.6. The van der Waals surface area contributed by atoms with Gasteiger partial charge in [-0.25, -0.2) is 4.98 Å². The van der Waals surface area contributed by atoms with Gasteiger partial charge in [0.1, 0.15) is 0 Å². The van der Waals surface area contributed by atoms with Crippen LogP contribution in [-0.4, -0.2) is 26.5 Å². The molecule has 0 radical (unpaired) electrons. The summed E-state index contributed by atoms with van der Waals surface area (Å²) in [5, 5.41) is 0. The minimum absolute atomic E-state index is 0.217. The van der Waals surface area contributed by atoms with Crippen LogP contribution in [0.15, 0.2) is 55.2 Å². The number of hydrogen-bond donors (Lipinski definition) is 0.